The average molecular weight is 343 g/mol. The third-order valence-electron chi connectivity index (χ3n) is 7.60. The third kappa shape index (κ3) is 1.90. The van der Waals surface area contributed by atoms with Gasteiger partial charge in [-0.15, -0.1) is 0 Å². The Morgan fingerprint density at radius 1 is 1.36 bits per heavy atom. The summed E-state index contributed by atoms with van der Waals surface area (Å²) in [7, 11) is 0. The molecule has 2 unspecified atom stereocenters. The van der Waals surface area contributed by atoms with Crippen molar-refractivity contribution >= 4 is 0 Å². The van der Waals surface area contributed by atoms with Gasteiger partial charge in [0.15, 0.2) is 11.5 Å². The Bertz CT molecular complexity index is 705. The Morgan fingerprint density at radius 3 is 3.00 bits per heavy atom. The van der Waals surface area contributed by atoms with Crippen LogP contribution >= 0.6 is 0 Å². The van der Waals surface area contributed by atoms with Crippen LogP contribution in [0.4, 0.5) is 0 Å². The van der Waals surface area contributed by atoms with Crippen molar-refractivity contribution in [2.75, 3.05) is 6.54 Å². The van der Waals surface area contributed by atoms with E-state index in [4.69, 9.17) is 4.74 Å². The molecular formula is C21H29NO3. The molecule has 1 aromatic rings. The van der Waals surface area contributed by atoms with Gasteiger partial charge in [-0.25, -0.2) is 0 Å². The molecule has 1 aromatic carbocycles. The molecule has 2 bridgehead atoms. The Labute approximate surface area is 149 Å². The molecule has 0 aromatic heterocycles. The van der Waals surface area contributed by atoms with Gasteiger partial charge in [0.05, 0.1) is 6.10 Å². The minimum absolute atomic E-state index is 0.0908. The lowest BCUT2D eigenvalue weighted by Gasteiger charge is -2.60. The molecule has 4 aliphatic rings. The van der Waals surface area contributed by atoms with Crippen LogP contribution in [0.15, 0.2) is 12.1 Å². The summed E-state index contributed by atoms with van der Waals surface area (Å²) in [6.07, 6.45) is 5.83. The lowest BCUT2D eigenvalue weighted by molar-refractivity contribution is -0.111. The van der Waals surface area contributed by atoms with E-state index in [9.17, 15) is 10.2 Å². The van der Waals surface area contributed by atoms with E-state index >= 15 is 0 Å². The van der Waals surface area contributed by atoms with Crippen molar-refractivity contribution < 1.29 is 14.9 Å². The van der Waals surface area contributed by atoms with Crippen LogP contribution in [0, 0.1) is 5.92 Å². The molecule has 1 saturated carbocycles. The summed E-state index contributed by atoms with van der Waals surface area (Å²) in [5, 5.41) is 21.1. The molecular weight excluding hydrogens is 314 g/mol. The molecule has 4 heteroatoms. The van der Waals surface area contributed by atoms with Crippen LogP contribution in [0.3, 0.4) is 0 Å². The molecule has 2 heterocycles. The zero-order valence-electron chi connectivity index (χ0n) is 15.2. The van der Waals surface area contributed by atoms with Gasteiger partial charge in [0, 0.05) is 23.1 Å². The summed E-state index contributed by atoms with van der Waals surface area (Å²) < 4.78 is 6.25. The number of piperidine rings is 1. The number of aliphatic hydroxyl groups is 1. The lowest BCUT2D eigenvalue weighted by atomic mass is 9.51. The topological polar surface area (TPSA) is 52.9 Å². The molecule has 4 nitrogen and oxygen atoms in total. The molecule has 1 spiro atoms. The number of rotatable bonds is 3. The maximum atomic E-state index is 10.7. The minimum Gasteiger partial charge on any atom is -0.504 e. The Morgan fingerprint density at radius 2 is 2.20 bits per heavy atom. The van der Waals surface area contributed by atoms with E-state index in [-0.39, 0.29) is 17.3 Å². The van der Waals surface area contributed by atoms with Gasteiger partial charge in [0.2, 0.25) is 0 Å². The van der Waals surface area contributed by atoms with Crippen molar-refractivity contribution in [1.82, 2.24) is 4.90 Å². The molecule has 6 atom stereocenters. The van der Waals surface area contributed by atoms with Crippen LogP contribution in [0.1, 0.15) is 57.1 Å². The first-order chi connectivity index (χ1) is 12.1. The highest BCUT2D eigenvalue weighted by Gasteiger charge is 2.65. The zero-order chi connectivity index (χ0) is 17.3. The lowest BCUT2D eigenvalue weighted by Crippen LogP contribution is -2.67. The standard InChI is InChI=1S/C21H29NO3/c1-3-4-12(2)22-10-9-21-14-6-8-17(24)20(21)25-19-16(23)7-5-13(18(19)21)11-15(14)22/h5,7,12,14-15,17,20,23-24H,3-4,6,8-11H2,1-2H3/t12-,14?,15-,17?,20+,21+/m1/s1. The molecule has 25 heavy (non-hydrogen) atoms. The first kappa shape index (κ1) is 16.0. The number of aliphatic hydroxyl groups excluding tert-OH is 1. The summed E-state index contributed by atoms with van der Waals surface area (Å²) in [4.78, 5) is 2.74. The SMILES string of the molecule is CCC[C@@H](C)N1CC[C@]23c4c5ccc(O)c4O[C@H]2C(O)CCC3[C@H]1C5. The van der Waals surface area contributed by atoms with Crippen molar-refractivity contribution in [3.05, 3.63) is 23.3 Å². The number of nitrogens with zero attached hydrogens (tertiary/aromatic N) is 1. The van der Waals surface area contributed by atoms with Crippen molar-refractivity contribution in [3.63, 3.8) is 0 Å². The summed E-state index contributed by atoms with van der Waals surface area (Å²) in [5.41, 5.74) is 2.48. The van der Waals surface area contributed by atoms with E-state index in [1.54, 1.807) is 6.07 Å². The van der Waals surface area contributed by atoms with Crippen molar-refractivity contribution in [3.8, 4) is 11.5 Å². The first-order valence-electron chi connectivity index (χ1n) is 10.0. The number of aromatic hydroxyl groups is 1. The highest BCUT2D eigenvalue weighted by molar-refractivity contribution is 5.60. The van der Waals surface area contributed by atoms with Gasteiger partial charge in [-0.1, -0.05) is 19.4 Å². The van der Waals surface area contributed by atoms with Crippen LogP contribution < -0.4 is 4.74 Å². The van der Waals surface area contributed by atoms with Crippen LogP contribution in [0.5, 0.6) is 11.5 Å². The second-order valence-electron chi connectivity index (χ2n) is 8.67. The number of likely N-dealkylation sites (tertiary alicyclic amines) is 1. The van der Waals surface area contributed by atoms with Gasteiger partial charge in [-0.2, -0.15) is 0 Å². The van der Waals surface area contributed by atoms with E-state index in [2.05, 4.69) is 24.8 Å². The first-order valence-corrected chi connectivity index (χ1v) is 10.0. The summed E-state index contributed by atoms with van der Waals surface area (Å²) in [6, 6.07) is 5.03. The number of hydrogen-bond acceptors (Lipinski definition) is 4. The minimum atomic E-state index is -0.422. The van der Waals surface area contributed by atoms with E-state index in [0.29, 0.717) is 23.8 Å². The number of phenols is 1. The second-order valence-corrected chi connectivity index (χ2v) is 8.67. The van der Waals surface area contributed by atoms with Crippen molar-refractivity contribution in [2.24, 2.45) is 5.92 Å². The summed E-state index contributed by atoms with van der Waals surface area (Å²) in [5.74, 6) is 1.44. The monoisotopic (exact) mass is 343 g/mol. The zero-order valence-corrected chi connectivity index (χ0v) is 15.2. The van der Waals surface area contributed by atoms with E-state index in [1.807, 2.05) is 0 Å². The molecule has 5 rings (SSSR count). The normalized spacial score (nSPS) is 39.6. The van der Waals surface area contributed by atoms with Crippen LogP contribution in [-0.2, 0) is 11.8 Å². The summed E-state index contributed by atoms with van der Waals surface area (Å²) >= 11 is 0. The highest BCUT2D eigenvalue weighted by Crippen LogP contribution is 2.63. The maximum Gasteiger partial charge on any atom is 0.165 e. The fourth-order valence-corrected chi connectivity index (χ4v) is 6.68. The van der Waals surface area contributed by atoms with Gasteiger partial charge in [-0.3, -0.25) is 4.90 Å². The van der Waals surface area contributed by atoms with Gasteiger partial charge >= 0.3 is 0 Å². The number of benzene rings is 1. The predicted octanol–water partition coefficient (Wildman–Crippen LogP) is 2.98. The van der Waals surface area contributed by atoms with Crippen molar-refractivity contribution in [2.45, 2.75) is 82.1 Å². The fraction of sp³-hybridized carbons (Fsp3) is 0.714. The molecule has 136 valence electrons. The van der Waals surface area contributed by atoms with Gasteiger partial charge in [0.25, 0.3) is 0 Å². The Balaban J connectivity index is 1.65. The number of hydrogen-bond donors (Lipinski definition) is 2. The van der Waals surface area contributed by atoms with Gasteiger partial charge in [0.1, 0.15) is 6.10 Å². The summed E-state index contributed by atoms with van der Waals surface area (Å²) in [6.45, 7) is 5.72. The number of ether oxygens (including phenoxy) is 1. The average Bonchev–Trinajstić information content (AvgIpc) is 2.94. The fourth-order valence-electron chi connectivity index (χ4n) is 6.68. The van der Waals surface area contributed by atoms with Crippen LogP contribution in [0.25, 0.3) is 0 Å². The Kier molecular flexibility index (Phi) is 3.43. The molecule has 2 fully saturated rings. The largest absolute Gasteiger partial charge is 0.504 e. The molecule has 0 radical (unpaired) electrons. The number of phenolic OH excluding ortho intramolecular Hbond substituents is 1. The Hall–Kier alpha value is -1.26. The van der Waals surface area contributed by atoms with Crippen LogP contribution in [0.2, 0.25) is 0 Å². The molecule has 0 amide bonds. The quantitative estimate of drug-likeness (QED) is 0.886. The molecule has 1 saturated heterocycles. The van der Waals surface area contributed by atoms with Gasteiger partial charge < -0.3 is 14.9 Å². The molecule has 2 N–H and O–H groups in total. The smallest absolute Gasteiger partial charge is 0.165 e. The second kappa shape index (κ2) is 5.37. The molecule has 2 aliphatic carbocycles. The van der Waals surface area contributed by atoms with E-state index < -0.39 is 6.10 Å². The van der Waals surface area contributed by atoms with Crippen molar-refractivity contribution in [1.29, 1.82) is 0 Å². The van der Waals surface area contributed by atoms with E-state index in [0.717, 1.165) is 32.2 Å². The van der Waals surface area contributed by atoms with E-state index in [1.165, 1.54) is 24.0 Å². The predicted molar refractivity (Wildman–Crippen MR) is 96.1 cm³/mol. The highest BCUT2D eigenvalue weighted by atomic mass is 16.5. The maximum absolute atomic E-state index is 10.7. The van der Waals surface area contributed by atoms with Crippen LogP contribution in [-0.4, -0.2) is 45.9 Å². The van der Waals surface area contributed by atoms with Gasteiger partial charge in [-0.05, 0) is 63.1 Å². The third-order valence-corrected chi connectivity index (χ3v) is 7.60. The molecule has 2 aliphatic heterocycles.